The van der Waals surface area contributed by atoms with Gasteiger partial charge in [-0.15, -0.1) is 0 Å². The van der Waals surface area contributed by atoms with Gasteiger partial charge in [-0.1, -0.05) is 12.1 Å². The number of carbonyl (C=O) groups excluding carboxylic acids is 2. The zero-order valence-corrected chi connectivity index (χ0v) is 19.4. The zero-order chi connectivity index (χ0) is 26.9. The van der Waals surface area contributed by atoms with Crippen LogP contribution >= 0.6 is 11.8 Å². The van der Waals surface area contributed by atoms with Crippen molar-refractivity contribution in [1.29, 1.82) is 5.41 Å². The molecule has 2 aliphatic rings. The molecule has 37 heavy (non-hydrogen) atoms. The molecule has 0 radical (unpaired) electrons. The molecule has 4 rings (SSSR count). The summed E-state index contributed by atoms with van der Waals surface area (Å²) in [5.74, 6) is -2.36. The first-order chi connectivity index (χ1) is 17.5. The number of nitrogens with one attached hydrogen (secondary N) is 1. The van der Waals surface area contributed by atoms with Crippen molar-refractivity contribution in [2.24, 2.45) is 10.1 Å². The molecule has 2 aromatic rings. The minimum absolute atomic E-state index is 0.0266. The van der Waals surface area contributed by atoms with Crippen LogP contribution in [0.5, 0.6) is 11.5 Å². The van der Waals surface area contributed by atoms with Crippen molar-refractivity contribution < 1.29 is 37.2 Å². The molecule has 11 nitrogen and oxygen atoms in total. The highest BCUT2D eigenvalue weighted by molar-refractivity contribution is 8.27. The van der Waals surface area contributed by atoms with Crippen LogP contribution in [0.4, 0.5) is 18.9 Å². The number of hydrazone groups is 1. The van der Waals surface area contributed by atoms with E-state index in [2.05, 4.69) is 10.1 Å². The summed E-state index contributed by atoms with van der Waals surface area (Å²) in [6.07, 6.45) is -3.55. The molecule has 2 heterocycles. The van der Waals surface area contributed by atoms with E-state index in [1.165, 1.54) is 42.5 Å². The van der Waals surface area contributed by atoms with Gasteiger partial charge in [0.15, 0.2) is 17.3 Å². The molecule has 2 aromatic carbocycles. The van der Waals surface area contributed by atoms with E-state index in [-0.39, 0.29) is 57.4 Å². The van der Waals surface area contributed by atoms with Gasteiger partial charge in [-0.05, 0) is 48.5 Å². The molecule has 0 saturated heterocycles. The molecule has 0 spiro atoms. The normalized spacial score (nSPS) is 16.3. The van der Waals surface area contributed by atoms with Gasteiger partial charge >= 0.3 is 12.1 Å². The Kier molecular flexibility index (Phi) is 6.80. The highest BCUT2D eigenvalue weighted by atomic mass is 32.2. The van der Waals surface area contributed by atoms with E-state index in [1.807, 2.05) is 0 Å². The maximum Gasteiger partial charge on any atom is 0.441 e. The molecular formula is C22H14F3N5O6S. The molecule has 15 heteroatoms. The molecule has 2 aliphatic heterocycles. The third-order valence-corrected chi connectivity index (χ3v) is 5.72. The number of rotatable bonds is 6. The Morgan fingerprint density at radius 1 is 1.24 bits per heavy atom. The quantitative estimate of drug-likeness (QED) is 0.189. The minimum Gasteiger partial charge on any atom is -0.490 e. The molecule has 0 aromatic heterocycles. The molecule has 0 saturated carbocycles. The maximum atomic E-state index is 13.0. The summed E-state index contributed by atoms with van der Waals surface area (Å²) >= 11 is 0.141. The first-order valence-electron chi connectivity index (χ1n) is 10.3. The molecule has 0 bridgehead atoms. The van der Waals surface area contributed by atoms with Gasteiger partial charge in [0.1, 0.15) is 0 Å². The van der Waals surface area contributed by atoms with Crippen molar-refractivity contribution in [2.45, 2.75) is 13.1 Å². The van der Waals surface area contributed by atoms with Gasteiger partial charge in [-0.25, -0.2) is 4.79 Å². The molecule has 0 fully saturated rings. The van der Waals surface area contributed by atoms with Crippen molar-refractivity contribution in [2.75, 3.05) is 6.61 Å². The first-order valence-corrected chi connectivity index (χ1v) is 11.1. The van der Waals surface area contributed by atoms with Gasteiger partial charge in [0.25, 0.3) is 11.6 Å². The summed E-state index contributed by atoms with van der Waals surface area (Å²) in [7, 11) is 0. The number of amides is 1. The summed E-state index contributed by atoms with van der Waals surface area (Å²) < 4.78 is 49.8. The second-order valence-electron chi connectivity index (χ2n) is 7.26. The summed E-state index contributed by atoms with van der Waals surface area (Å²) in [6, 6.07) is 9.08. The zero-order valence-electron chi connectivity index (χ0n) is 18.6. The SMILES string of the molecule is CCOc1cc(/C=C2\C(=N)N3N=C(C(F)(F)F)SC3=NC2=O)ccc1OC(=O)c1cccc([N+](=O)[O-])c1. The first kappa shape index (κ1) is 25.6. The highest BCUT2D eigenvalue weighted by Crippen LogP contribution is 2.36. The summed E-state index contributed by atoms with van der Waals surface area (Å²) in [4.78, 5) is 38.9. The lowest BCUT2D eigenvalue weighted by Crippen LogP contribution is -2.35. The Hall–Kier alpha value is -4.53. The summed E-state index contributed by atoms with van der Waals surface area (Å²) in [5, 5.41) is 21.5. The Labute approximate surface area is 209 Å². The molecule has 1 amide bonds. The van der Waals surface area contributed by atoms with Crippen LogP contribution in [0.15, 0.2) is 58.1 Å². The molecular weight excluding hydrogens is 519 g/mol. The van der Waals surface area contributed by atoms with Crippen molar-refractivity contribution in [1.82, 2.24) is 5.01 Å². The second-order valence-corrected chi connectivity index (χ2v) is 8.22. The molecule has 1 N–H and O–H groups in total. The monoisotopic (exact) mass is 533 g/mol. The van der Waals surface area contributed by atoms with E-state index >= 15 is 0 Å². The van der Waals surface area contributed by atoms with Crippen LogP contribution in [0.25, 0.3) is 6.08 Å². The third kappa shape index (κ3) is 5.35. The van der Waals surface area contributed by atoms with Crippen LogP contribution in [0, 0.1) is 15.5 Å². The van der Waals surface area contributed by atoms with Gasteiger partial charge in [0, 0.05) is 12.1 Å². The summed E-state index contributed by atoms with van der Waals surface area (Å²) in [5.41, 5.74) is -0.396. The molecule has 190 valence electrons. The van der Waals surface area contributed by atoms with Crippen molar-refractivity contribution in [3.05, 3.63) is 69.3 Å². The van der Waals surface area contributed by atoms with Crippen LogP contribution in [-0.4, -0.2) is 50.6 Å². The van der Waals surface area contributed by atoms with E-state index < -0.39 is 33.9 Å². The van der Waals surface area contributed by atoms with E-state index in [0.29, 0.717) is 5.01 Å². The van der Waals surface area contributed by atoms with Crippen LogP contribution in [0.1, 0.15) is 22.8 Å². The number of halogens is 3. The predicted octanol–water partition coefficient (Wildman–Crippen LogP) is 4.39. The average molecular weight is 533 g/mol. The summed E-state index contributed by atoms with van der Waals surface area (Å²) in [6.45, 7) is 1.82. The number of benzene rings is 2. The van der Waals surface area contributed by atoms with Crippen LogP contribution in [0.3, 0.4) is 0 Å². The van der Waals surface area contributed by atoms with Crippen LogP contribution < -0.4 is 9.47 Å². The van der Waals surface area contributed by atoms with E-state index in [1.54, 1.807) is 6.92 Å². The number of amidine groups is 2. The van der Waals surface area contributed by atoms with E-state index in [9.17, 15) is 32.9 Å². The van der Waals surface area contributed by atoms with Gasteiger partial charge < -0.3 is 9.47 Å². The largest absolute Gasteiger partial charge is 0.490 e. The standard InChI is InChI=1S/C22H14F3N5O6S/c1-2-35-16-9-11(6-7-15(16)36-19(32)12-4-3-5-13(10-12)30(33)34)8-14-17(26)29-21(27-18(14)31)37-20(28-29)22(23,24)25/h3-10,26H,2H2,1H3/b14-8+,26-17?. The minimum atomic E-state index is -4.76. The lowest BCUT2D eigenvalue weighted by atomic mass is 10.1. The third-order valence-electron chi connectivity index (χ3n) is 4.77. The molecule has 0 aliphatic carbocycles. The topological polar surface area (TPSA) is 148 Å². The van der Waals surface area contributed by atoms with E-state index in [4.69, 9.17) is 14.9 Å². The molecule has 0 unspecified atom stereocenters. The lowest BCUT2D eigenvalue weighted by molar-refractivity contribution is -0.384. The van der Waals surface area contributed by atoms with Crippen molar-refractivity contribution >= 4 is 51.4 Å². The number of non-ortho nitro benzene ring substituents is 1. The number of hydrogen-bond acceptors (Lipinski definition) is 9. The van der Waals surface area contributed by atoms with Gasteiger partial charge in [-0.2, -0.15) is 28.3 Å². The van der Waals surface area contributed by atoms with Gasteiger partial charge in [-0.3, -0.25) is 20.3 Å². The van der Waals surface area contributed by atoms with Gasteiger partial charge in [0.2, 0.25) is 10.2 Å². The predicted molar refractivity (Wildman–Crippen MR) is 127 cm³/mol. The van der Waals surface area contributed by atoms with Crippen LogP contribution in [0.2, 0.25) is 0 Å². The maximum absolute atomic E-state index is 13.0. The number of carbonyl (C=O) groups is 2. The second kappa shape index (κ2) is 9.85. The van der Waals surface area contributed by atoms with Gasteiger partial charge in [0.05, 0.1) is 22.7 Å². The Morgan fingerprint density at radius 3 is 2.68 bits per heavy atom. The fraction of sp³-hybridized carbons (Fsp3) is 0.136. The number of nitrogens with zero attached hydrogens (tertiary/aromatic N) is 4. The number of aliphatic imine (C=N–C) groups is 1. The Balaban J connectivity index is 1.61. The fourth-order valence-corrected chi connectivity index (χ4v) is 3.90. The van der Waals surface area contributed by atoms with Crippen molar-refractivity contribution in [3.8, 4) is 11.5 Å². The van der Waals surface area contributed by atoms with E-state index in [0.717, 1.165) is 6.07 Å². The van der Waals surface area contributed by atoms with Crippen molar-refractivity contribution in [3.63, 3.8) is 0 Å². The smallest absolute Gasteiger partial charge is 0.441 e. The number of hydrogen-bond donors (Lipinski definition) is 1. The molecule has 0 atom stereocenters. The number of thioether (sulfide) groups is 1. The number of nitro groups is 1. The number of ether oxygens (including phenoxy) is 2. The Morgan fingerprint density at radius 2 is 2.00 bits per heavy atom. The number of esters is 1. The fourth-order valence-electron chi connectivity index (χ4n) is 3.15. The number of alkyl halides is 3. The number of fused-ring (bicyclic) bond motifs is 1. The average Bonchev–Trinajstić information content (AvgIpc) is 3.28. The lowest BCUT2D eigenvalue weighted by Gasteiger charge is -2.20. The Bertz CT molecular complexity index is 1440. The van der Waals surface area contributed by atoms with Crippen LogP contribution in [-0.2, 0) is 4.79 Å². The highest BCUT2D eigenvalue weighted by Gasteiger charge is 2.46. The number of nitro benzene ring substituents is 1.